The summed E-state index contributed by atoms with van der Waals surface area (Å²) in [4.78, 5) is 0. The van der Waals surface area contributed by atoms with Crippen molar-refractivity contribution in [1.29, 1.82) is 0 Å². The van der Waals surface area contributed by atoms with E-state index in [4.69, 9.17) is 21.1 Å². The van der Waals surface area contributed by atoms with Crippen LogP contribution in [0.25, 0.3) is 0 Å². The number of anilines is 1. The zero-order valence-electron chi connectivity index (χ0n) is 17.8. The van der Waals surface area contributed by atoms with Crippen LogP contribution in [0.2, 0.25) is 5.02 Å². The highest BCUT2D eigenvalue weighted by Crippen LogP contribution is 2.34. The Morgan fingerprint density at radius 1 is 1.00 bits per heavy atom. The molecule has 156 valence electrons. The molecule has 0 aliphatic carbocycles. The van der Waals surface area contributed by atoms with Crippen LogP contribution in [0.5, 0.6) is 11.5 Å². The molecule has 0 fully saturated rings. The number of methoxy groups -OCH3 is 1. The minimum Gasteiger partial charge on any atom is -0.493 e. The van der Waals surface area contributed by atoms with Gasteiger partial charge in [0.1, 0.15) is 6.61 Å². The molecule has 3 nitrogen and oxygen atoms in total. The van der Waals surface area contributed by atoms with Crippen LogP contribution >= 0.6 is 11.6 Å². The quantitative estimate of drug-likeness (QED) is 0.382. The fraction of sp³-hybridized carbons (Fsp3) is 0.231. The first-order valence-corrected chi connectivity index (χ1v) is 10.4. The molecular formula is C26H28ClNO2. The molecule has 0 atom stereocenters. The third-order valence-electron chi connectivity index (χ3n) is 4.94. The van der Waals surface area contributed by atoms with Crippen molar-refractivity contribution in [3.8, 4) is 11.5 Å². The molecule has 0 unspecified atom stereocenters. The molecule has 3 aromatic carbocycles. The van der Waals surface area contributed by atoms with Gasteiger partial charge in [-0.05, 0) is 67.3 Å². The molecule has 3 aromatic rings. The third kappa shape index (κ3) is 5.58. The summed E-state index contributed by atoms with van der Waals surface area (Å²) < 4.78 is 11.8. The van der Waals surface area contributed by atoms with Crippen molar-refractivity contribution >= 4 is 17.3 Å². The molecule has 3 rings (SSSR count). The highest BCUT2D eigenvalue weighted by atomic mass is 35.5. The number of rotatable bonds is 9. The Morgan fingerprint density at radius 2 is 1.77 bits per heavy atom. The monoisotopic (exact) mass is 421 g/mol. The molecule has 30 heavy (non-hydrogen) atoms. The Bertz CT molecular complexity index is 1010. The molecule has 0 radical (unpaired) electrons. The number of nitrogens with one attached hydrogen (secondary N) is 1. The van der Waals surface area contributed by atoms with Crippen LogP contribution in [-0.4, -0.2) is 7.11 Å². The van der Waals surface area contributed by atoms with E-state index < -0.39 is 0 Å². The molecule has 0 heterocycles. The Hall–Kier alpha value is -2.91. The number of hydrogen-bond acceptors (Lipinski definition) is 3. The van der Waals surface area contributed by atoms with Gasteiger partial charge in [-0.1, -0.05) is 47.5 Å². The lowest BCUT2D eigenvalue weighted by Crippen LogP contribution is -2.05. The average molecular weight is 422 g/mol. The molecule has 0 spiro atoms. The summed E-state index contributed by atoms with van der Waals surface area (Å²) in [7, 11) is 1.67. The molecule has 0 saturated carbocycles. The fourth-order valence-corrected chi connectivity index (χ4v) is 3.52. The fourth-order valence-electron chi connectivity index (χ4n) is 3.39. The molecule has 0 saturated heterocycles. The van der Waals surface area contributed by atoms with Crippen molar-refractivity contribution < 1.29 is 9.47 Å². The van der Waals surface area contributed by atoms with Crippen LogP contribution < -0.4 is 14.8 Å². The van der Waals surface area contributed by atoms with E-state index in [1.165, 1.54) is 11.1 Å². The van der Waals surface area contributed by atoms with Crippen LogP contribution in [0.3, 0.4) is 0 Å². The molecule has 0 aliphatic heterocycles. The van der Waals surface area contributed by atoms with Gasteiger partial charge in [0.25, 0.3) is 0 Å². The number of halogens is 1. The SMILES string of the molecule is C=CCc1cc(CNc2ccc(C)cc2C)cc(OC)c1OCc1ccc(Cl)cc1. The summed E-state index contributed by atoms with van der Waals surface area (Å²) in [5, 5.41) is 4.24. The van der Waals surface area contributed by atoms with Crippen LogP contribution in [-0.2, 0) is 19.6 Å². The second-order valence-electron chi connectivity index (χ2n) is 7.37. The van der Waals surface area contributed by atoms with Gasteiger partial charge in [-0.2, -0.15) is 0 Å². The molecule has 1 N–H and O–H groups in total. The summed E-state index contributed by atoms with van der Waals surface area (Å²) in [6, 6.07) is 18.3. The smallest absolute Gasteiger partial charge is 0.165 e. The zero-order chi connectivity index (χ0) is 21.5. The van der Waals surface area contributed by atoms with Gasteiger partial charge < -0.3 is 14.8 Å². The van der Waals surface area contributed by atoms with E-state index in [1.54, 1.807) is 7.11 Å². The van der Waals surface area contributed by atoms with Crippen molar-refractivity contribution in [3.05, 3.63) is 100 Å². The zero-order valence-corrected chi connectivity index (χ0v) is 18.6. The summed E-state index contributed by atoms with van der Waals surface area (Å²) >= 11 is 5.97. The van der Waals surface area contributed by atoms with E-state index in [1.807, 2.05) is 36.4 Å². The maximum atomic E-state index is 6.15. The van der Waals surface area contributed by atoms with Crippen molar-refractivity contribution in [2.75, 3.05) is 12.4 Å². The van der Waals surface area contributed by atoms with E-state index in [-0.39, 0.29) is 0 Å². The molecule has 4 heteroatoms. The number of aryl methyl sites for hydroxylation is 2. The van der Waals surface area contributed by atoms with Gasteiger partial charge in [-0.15, -0.1) is 6.58 Å². The summed E-state index contributed by atoms with van der Waals surface area (Å²) in [6.45, 7) is 9.26. The minimum atomic E-state index is 0.442. The number of ether oxygens (including phenoxy) is 2. The predicted octanol–water partition coefficient (Wildman–Crippen LogP) is 6.89. The Kier molecular flexibility index (Phi) is 7.42. The number of allylic oxidation sites excluding steroid dienone is 1. The first kappa shape index (κ1) is 21.8. The average Bonchev–Trinajstić information content (AvgIpc) is 2.73. The van der Waals surface area contributed by atoms with E-state index in [9.17, 15) is 0 Å². The Morgan fingerprint density at radius 3 is 2.43 bits per heavy atom. The largest absolute Gasteiger partial charge is 0.493 e. The summed E-state index contributed by atoms with van der Waals surface area (Å²) in [5.41, 5.74) is 6.85. The number of hydrogen-bond donors (Lipinski definition) is 1. The first-order valence-electron chi connectivity index (χ1n) is 9.99. The standard InChI is InChI=1S/C26H28ClNO2/c1-5-6-22-14-21(16-28-24-12-7-18(2)13-19(24)3)15-25(29-4)26(22)30-17-20-8-10-23(27)11-9-20/h5,7-15,28H,1,6,16-17H2,2-4H3. The minimum absolute atomic E-state index is 0.442. The Balaban J connectivity index is 1.81. The van der Waals surface area contributed by atoms with Gasteiger partial charge in [0.05, 0.1) is 7.11 Å². The normalized spacial score (nSPS) is 10.5. The number of benzene rings is 3. The van der Waals surface area contributed by atoms with Gasteiger partial charge in [-0.25, -0.2) is 0 Å². The van der Waals surface area contributed by atoms with E-state index in [0.29, 0.717) is 24.6 Å². The summed E-state index contributed by atoms with van der Waals surface area (Å²) in [5.74, 6) is 1.48. The lowest BCUT2D eigenvalue weighted by molar-refractivity contribution is 0.281. The van der Waals surface area contributed by atoms with E-state index in [0.717, 1.165) is 33.9 Å². The van der Waals surface area contributed by atoms with Crippen molar-refractivity contribution in [2.45, 2.75) is 33.4 Å². The maximum absolute atomic E-state index is 6.15. The highest BCUT2D eigenvalue weighted by Gasteiger charge is 2.13. The molecular weight excluding hydrogens is 394 g/mol. The van der Waals surface area contributed by atoms with Crippen molar-refractivity contribution in [3.63, 3.8) is 0 Å². The highest BCUT2D eigenvalue weighted by molar-refractivity contribution is 6.30. The molecule has 0 aliphatic rings. The van der Waals surface area contributed by atoms with Crippen molar-refractivity contribution in [1.82, 2.24) is 0 Å². The van der Waals surface area contributed by atoms with Gasteiger partial charge in [0.2, 0.25) is 0 Å². The van der Waals surface area contributed by atoms with Gasteiger partial charge in [0, 0.05) is 22.8 Å². The lowest BCUT2D eigenvalue weighted by atomic mass is 10.0. The van der Waals surface area contributed by atoms with Crippen LogP contribution in [0.15, 0.2) is 67.3 Å². The molecule has 0 amide bonds. The van der Waals surface area contributed by atoms with Gasteiger partial charge in [-0.3, -0.25) is 0 Å². The van der Waals surface area contributed by atoms with Gasteiger partial charge >= 0.3 is 0 Å². The Labute approximate surface area is 184 Å². The third-order valence-corrected chi connectivity index (χ3v) is 5.19. The molecule has 0 aromatic heterocycles. The topological polar surface area (TPSA) is 30.5 Å². The maximum Gasteiger partial charge on any atom is 0.165 e. The lowest BCUT2D eigenvalue weighted by Gasteiger charge is -2.18. The first-order chi connectivity index (χ1) is 14.5. The predicted molar refractivity (Wildman–Crippen MR) is 126 cm³/mol. The second kappa shape index (κ2) is 10.2. The van der Waals surface area contributed by atoms with E-state index in [2.05, 4.69) is 50.0 Å². The summed E-state index contributed by atoms with van der Waals surface area (Å²) in [6.07, 6.45) is 2.58. The van der Waals surface area contributed by atoms with Gasteiger partial charge in [0.15, 0.2) is 11.5 Å². The van der Waals surface area contributed by atoms with Crippen molar-refractivity contribution in [2.24, 2.45) is 0 Å². The molecule has 0 bridgehead atoms. The second-order valence-corrected chi connectivity index (χ2v) is 7.80. The van der Waals surface area contributed by atoms with Crippen LogP contribution in [0, 0.1) is 13.8 Å². The van der Waals surface area contributed by atoms with Crippen LogP contribution in [0.4, 0.5) is 5.69 Å². The van der Waals surface area contributed by atoms with Crippen LogP contribution in [0.1, 0.15) is 27.8 Å². The van der Waals surface area contributed by atoms with E-state index >= 15 is 0 Å².